The van der Waals surface area contributed by atoms with Gasteiger partial charge in [0.2, 0.25) is 0 Å². The molecule has 0 atom stereocenters. The molecule has 0 saturated carbocycles. The SMILES string of the molecule is O=C(NC1CCN(C(=O)OCCCl)CC1)c1ccc2nc[nH]c2c1. The summed E-state index contributed by atoms with van der Waals surface area (Å²) in [6.07, 6.45) is 2.66. The van der Waals surface area contributed by atoms with E-state index in [-0.39, 0.29) is 24.6 Å². The summed E-state index contributed by atoms with van der Waals surface area (Å²) in [5.74, 6) is 0.175. The zero-order valence-corrected chi connectivity index (χ0v) is 13.9. The molecule has 2 amide bonds. The molecule has 7 nitrogen and oxygen atoms in total. The standard InChI is InChI=1S/C16H19ClN4O3/c17-5-8-24-16(23)21-6-3-12(4-7-21)20-15(22)11-1-2-13-14(9-11)19-10-18-13/h1-2,9-10,12H,3-8H2,(H,18,19)(H,20,22). The van der Waals surface area contributed by atoms with Gasteiger partial charge in [0.1, 0.15) is 6.61 Å². The lowest BCUT2D eigenvalue weighted by Crippen LogP contribution is -2.46. The fourth-order valence-corrected chi connectivity index (χ4v) is 2.85. The molecule has 0 radical (unpaired) electrons. The van der Waals surface area contributed by atoms with Crippen LogP contribution in [0.4, 0.5) is 4.79 Å². The number of imidazole rings is 1. The summed E-state index contributed by atoms with van der Waals surface area (Å²) in [6.45, 7) is 1.34. The summed E-state index contributed by atoms with van der Waals surface area (Å²) < 4.78 is 5.01. The van der Waals surface area contributed by atoms with Gasteiger partial charge in [-0.25, -0.2) is 9.78 Å². The van der Waals surface area contributed by atoms with E-state index in [0.29, 0.717) is 37.4 Å². The van der Waals surface area contributed by atoms with Crippen LogP contribution in [0.25, 0.3) is 11.0 Å². The summed E-state index contributed by atoms with van der Waals surface area (Å²) in [5, 5.41) is 3.02. The van der Waals surface area contributed by atoms with E-state index < -0.39 is 0 Å². The lowest BCUT2D eigenvalue weighted by Gasteiger charge is -2.31. The fraction of sp³-hybridized carbons (Fsp3) is 0.438. The van der Waals surface area contributed by atoms with Crippen molar-refractivity contribution < 1.29 is 14.3 Å². The third kappa shape index (κ3) is 3.79. The summed E-state index contributed by atoms with van der Waals surface area (Å²) in [5.41, 5.74) is 2.26. The molecule has 1 aliphatic heterocycles. The van der Waals surface area contributed by atoms with Gasteiger partial charge in [-0.15, -0.1) is 11.6 Å². The largest absolute Gasteiger partial charge is 0.448 e. The average Bonchev–Trinajstić information content (AvgIpc) is 3.08. The highest BCUT2D eigenvalue weighted by Crippen LogP contribution is 2.15. The number of hydrogen-bond donors (Lipinski definition) is 2. The van der Waals surface area contributed by atoms with Gasteiger partial charge in [0.05, 0.1) is 23.2 Å². The van der Waals surface area contributed by atoms with Crippen LogP contribution in [0.1, 0.15) is 23.2 Å². The van der Waals surface area contributed by atoms with Crippen molar-refractivity contribution in [3.63, 3.8) is 0 Å². The Morgan fingerprint density at radius 2 is 2.17 bits per heavy atom. The van der Waals surface area contributed by atoms with Crippen molar-refractivity contribution in [3.8, 4) is 0 Å². The number of aromatic nitrogens is 2. The molecule has 0 unspecified atom stereocenters. The van der Waals surface area contributed by atoms with Crippen LogP contribution in [0.2, 0.25) is 0 Å². The van der Waals surface area contributed by atoms with E-state index in [1.165, 1.54) is 0 Å². The second-order valence-electron chi connectivity index (χ2n) is 5.67. The maximum atomic E-state index is 12.4. The summed E-state index contributed by atoms with van der Waals surface area (Å²) in [6, 6.07) is 5.41. The van der Waals surface area contributed by atoms with Gasteiger partial charge < -0.3 is 19.9 Å². The Balaban J connectivity index is 1.52. The predicted octanol–water partition coefficient (Wildman–Crippen LogP) is 2.13. The van der Waals surface area contributed by atoms with Gasteiger partial charge in [-0.2, -0.15) is 0 Å². The highest BCUT2D eigenvalue weighted by atomic mass is 35.5. The van der Waals surface area contributed by atoms with Crippen LogP contribution in [0, 0.1) is 0 Å². The monoisotopic (exact) mass is 350 g/mol. The lowest BCUT2D eigenvalue weighted by atomic mass is 10.0. The number of ether oxygens (including phenoxy) is 1. The lowest BCUT2D eigenvalue weighted by molar-refractivity contribution is 0.0862. The van der Waals surface area contributed by atoms with E-state index in [0.717, 1.165) is 11.0 Å². The van der Waals surface area contributed by atoms with Crippen LogP contribution >= 0.6 is 11.6 Å². The third-order valence-corrected chi connectivity index (χ3v) is 4.23. The molecule has 0 spiro atoms. The number of piperidine rings is 1. The van der Waals surface area contributed by atoms with Crippen molar-refractivity contribution in [2.24, 2.45) is 0 Å². The van der Waals surface area contributed by atoms with Crippen molar-refractivity contribution in [1.82, 2.24) is 20.2 Å². The number of hydrogen-bond acceptors (Lipinski definition) is 4. The number of nitrogens with zero attached hydrogens (tertiary/aromatic N) is 2. The molecular formula is C16H19ClN4O3. The smallest absolute Gasteiger partial charge is 0.409 e. The molecule has 1 aliphatic rings. The number of carbonyl (C=O) groups excluding carboxylic acids is 2. The molecule has 2 heterocycles. The van der Waals surface area contributed by atoms with Gasteiger partial charge in [0, 0.05) is 24.7 Å². The van der Waals surface area contributed by atoms with Gasteiger partial charge >= 0.3 is 6.09 Å². The highest BCUT2D eigenvalue weighted by molar-refractivity contribution is 6.18. The van der Waals surface area contributed by atoms with Gasteiger partial charge in [0.15, 0.2) is 0 Å². The van der Waals surface area contributed by atoms with Crippen molar-refractivity contribution in [3.05, 3.63) is 30.1 Å². The number of likely N-dealkylation sites (tertiary alicyclic amines) is 1. The Morgan fingerprint density at radius 3 is 2.92 bits per heavy atom. The number of carbonyl (C=O) groups is 2. The van der Waals surface area contributed by atoms with Crippen LogP contribution in [-0.2, 0) is 4.74 Å². The van der Waals surface area contributed by atoms with Gasteiger partial charge in [-0.1, -0.05) is 0 Å². The predicted molar refractivity (Wildman–Crippen MR) is 90.2 cm³/mol. The molecule has 8 heteroatoms. The molecule has 3 rings (SSSR count). The number of H-pyrrole nitrogens is 1. The van der Waals surface area contributed by atoms with Crippen molar-refractivity contribution in [1.29, 1.82) is 0 Å². The second kappa shape index (κ2) is 7.53. The van der Waals surface area contributed by atoms with Crippen molar-refractivity contribution in [2.45, 2.75) is 18.9 Å². The maximum absolute atomic E-state index is 12.4. The quantitative estimate of drug-likeness (QED) is 0.827. The minimum atomic E-state index is -0.342. The van der Waals surface area contributed by atoms with E-state index >= 15 is 0 Å². The van der Waals surface area contributed by atoms with E-state index in [4.69, 9.17) is 16.3 Å². The maximum Gasteiger partial charge on any atom is 0.409 e. The van der Waals surface area contributed by atoms with E-state index in [2.05, 4.69) is 15.3 Å². The molecule has 24 heavy (non-hydrogen) atoms. The first-order valence-corrected chi connectivity index (χ1v) is 8.42. The molecule has 2 N–H and O–H groups in total. The number of alkyl halides is 1. The number of halogens is 1. The molecule has 0 aliphatic carbocycles. The molecule has 1 saturated heterocycles. The molecule has 1 fully saturated rings. The van der Waals surface area contributed by atoms with Gasteiger partial charge in [0.25, 0.3) is 5.91 Å². The van der Waals surface area contributed by atoms with Crippen molar-refractivity contribution in [2.75, 3.05) is 25.6 Å². The average molecular weight is 351 g/mol. The van der Waals surface area contributed by atoms with E-state index in [9.17, 15) is 9.59 Å². The van der Waals surface area contributed by atoms with Gasteiger partial charge in [-0.3, -0.25) is 4.79 Å². The number of amides is 2. The Morgan fingerprint density at radius 1 is 1.38 bits per heavy atom. The Bertz CT molecular complexity index is 725. The molecule has 0 bridgehead atoms. The summed E-state index contributed by atoms with van der Waals surface area (Å²) >= 11 is 5.50. The number of benzene rings is 1. The number of nitrogens with one attached hydrogen (secondary N) is 2. The molecule has 1 aromatic heterocycles. The Kier molecular flexibility index (Phi) is 5.20. The molecule has 128 valence electrons. The molecule has 1 aromatic carbocycles. The minimum absolute atomic E-state index is 0.0482. The van der Waals surface area contributed by atoms with Gasteiger partial charge in [-0.05, 0) is 31.0 Å². The summed E-state index contributed by atoms with van der Waals surface area (Å²) in [4.78, 5) is 32.9. The number of fused-ring (bicyclic) bond motifs is 1. The second-order valence-corrected chi connectivity index (χ2v) is 6.05. The topological polar surface area (TPSA) is 87.3 Å². The van der Waals surface area contributed by atoms with E-state index in [1.807, 2.05) is 6.07 Å². The fourth-order valence-electron chi connectivity index (χ4n) is 2.77. The van der Waals surface area contributed by atoms with Crippen LogP contribution in [0.3, 0.4) is 0 Å². The molecule has 2 aromatic rings. The first-order valence-electron chi connectivity index (χ1n) is 7.89. The zero-order valence-electron chi connectivity index (χ0n) is 13.1. The van der Waals surface area contributed by atoms with Crippen LogP contribution in [0.15, 0.2) is 24.5 Å². The minimum Gasteiger partial charge on any atom is -0.448 e. The van der Waals surface area contributed by atoms with Crippen LogP contribution in [-0.4, -0.2) is 58.5 Å². The number of rotatable bonds is 4. The Labute approximate surface area is 144 Å². The molecular weight excluding hydrogens is 332 g/mol. The summed E-state index contributed by atoms with van der Waals surface area (Å²) in [7, 11) is 0. The van der Waals surface area contributed by atoms with Crippen LogP contribution < -0.4 is 5.32 Å². The highest BCUT2D eigenvalue weighted by Gasteiger charge is 2.25. The zero-order chi connectivity index (χ0) is 16.9. The van der Waals surface area contributed by atoms with Crippen LogP contribution in [0.5, 0.6) is 0 Å². The first-order chi connectivity index (χ1) is 11.7. The van der Waals surface area contributed by atoms with Crippen molar-refractivity contribution >= 4 is 34.6 Å². The Hall–Kier alpha value is -2.28. The van der Waals surface area contributed by atoms with E-state index in [1.54, 1.807) is 23.4 Å². The first kappa shape index (κ1) is 16.6. The normalized spacial score (nSPS) is 15.5. The number of aromatic amines is 1. The third-order valence-electron chi connectivity index (χ3n) is 4.07.